The number of aromatic amines is 1. The number of nitrogens with zero attached hydrogens (tertiary/aromatic N) is 2. The minimum Gasteiger partial charge on any atom is -0.489 e. The summed E-state index contributed by atoms with van der Waals surface area (Å²) in [6, 6.07) is 33.5. The Balaban J connectivity index is 1.24. The molecule has 0 bridgehead atoms. The fraction of sp³-hybridized carbons (Fsp3) is 0.0690. The van der Waals surface area contributed by atoms with Gasteiger partial charge in [-0.05, 0) is 53.6 Å². The normalized spacial score (nSPS) is 11.4. The van der Waals surface area contributed by atoms with E-state index < -0.39 is 0 Å². The van der Waals surface area contributed by atoms with Gasteiger partial charge < -0.3 is 4.74 Å². The summed E-state index contributed by atoms with van der Waals surface area (Å²) in [6.45, 7) is 2.38. The predicted molar refractivity (Wildman–Crippen MR) is 138 cm³/mol. The molecule has 2 N–H and O–H groups in total. The molecular formula is C29H24N4O2. The highest BCUT2D eigenvalue weighted by Gasteiger charge is 2.12. The van der Waals surface area contributed by atoms with Crippen molar-refractivity contribution in [2.24, 2.45) is 5.10 Å². The van der Waals surface area contributed by atoms with Crippen LogP contribution in [-0.2, 0) is 6.61 Å². The van der Waals surface area contributed by atoms with Crippen LogP contribution in [0, 0.1) is 0 Å². The summed E-state index contributed by atoms with van der Waals surface area (Å²) in [5.74, 6) is 0.413. The van der Waals surface area contributed by atoms with Crippen LogP contribution in [0.2, 0.25) is 0 Å². The zero-order valence-electron chi connectivity index (χ0n) is 19.2. The van der Waals surface area contributed by atoms with Crippen molar-refractivity contribution in [3.05, 3.63) is 120 Å². The molecule has 5 rings (SSSR count). The minimum absolute atomic E-state index is 0.332. The van der Waals surface area contributed by atoms with Crippen molar-refractivity contribution < 1.29 is 9.53 Å². The topological polar surface area (TPSA) is 79.4 Å². The summed E-state index contributed by atoms with van der Waals surface area (Å²) in [5.41, 5.74) is 7.31. The number of hydrogen-bond acceptors (Lipinski definition) is 4. The molecule has 172 valence electrons. The predicted octanol–water partition coefficient (Wildman–Crippen LogP) is 5.96. The van der Waals surface area contributed by atoms with E-state index in [-0.39, 0.29) is 5.91 Å². The molecule has 4 aromatic carbocycles. The second-order valence-corrected chi connectivity index (χ2v) is 8.13. The molecule has 0 atom stereocenters. The number of H-pyrrole nitrogens is 1. The number of amides is 1. The molecular weight excluding hydrogens is 436 g/mol. The number of benzene rings is 4. The van der Waals surface area contributed by atoms with Gasteiger partial charge >= 0.3 is 0 Å². The van der Waals surface area contributed by atoms with Gasteiger partial charge in [0.1, 0.15) is 18.1 Å². The number of fused-ring (bicyclic) bond motifs is 1. The van der Waals surface area contributed by atoms with E-state index in [9.17, 15) is 4.79 Å². The maximum atomic E-state index is 12.7. The Morgan fingerprint density at radius 2 is 1.66 bits per heavy atom. The molecule has 5 aromatic rings. The summed E-state index contributed by atoms with van der Waals surface area (Å²) < 4.78 is 5.84. The Morgan fingerprint density at radius 1 is 0.914 bits per heavy atom. The van der Waals surface area contributed by atoms with Crippen molar-refractivity contribution >= 4 is 22.4 Å². The van der Waals surface area contributed by atoms with Crippen LogP contribution < -0.4 is 10.2 Å². The van der Waals surface area contributed by atoms with Gasteiger partial charge in [0.05, 0.1) is 11.4 Å². The lowest BCUT2D eigenvalue weighted by molar-refractivity contribution is 0.0950. The molecule has 0 fully saturated rings. The number of hydrazone groups is 1. The number of aromatic nitrogens is 2. The van der Waals surface area contributed by atoms with E-state index in [4.69, 9.17) is 4.74 Å². The van der Waals surface area contributed by atoms with Crippen LogP contribution in [0.4, 0.5) is 0 Å². The Hall–Kier alpha value is -4.71. The van der Waals surface area contributed by atoms with E-state index in [1.807, 2.05) is 91.9 Å². The first-order chi connectivity index (χ1) is 17.2. The highest BCUT2D eigenvalue weighted by molar-refractivity contribution is 6.10. The lowest BCUT2D eigenvalue weighted by Crippen LogP contribution is -2.19. The van der Waals surface area contributed by atoms with Crippen LogP contribution in [-0.4, -0.2) is 21.8 Å². The lowest BCUT2D eigenvalue weighted by Gasteiger charge is -2.06. The van der Waals surface area contributed by atoms with Crippen LogP contribution in [0.1, 0.15) is 28.5 Å². The number of carbonyl (C=O) groups excluding carboxylic acids is 1. The molecule has 1 aromatic heterocycles. The Labute approximate surface area is 203 Å². The summed E-state index contributed by atoms with van der Waals surface area (Å²) in [6.07, 6.45) is 0. The SMILES string of the molecule is CC(=NNC(=O)c1cc(-c2ccc(OCc3ccccc3)cc2)n[nH]1)c1cccc2ccccc12. The number of rotatable bonds is 7. The highest BCUT2D eigenvalue weighted by atomic mass is 16.5. The Morgan fingerprint density at radius 3 is 2.49 bits per heavy atom. The first kappa shape index (κ1) is 22.1. The molecule has 1 heterocycles. The molecule has 0 aliphatic carbocycles. The molecule has 0 spiro atoms. The van der Waals surface area contributed by atoms with Crippen LogP contribution in [0.5, 0.6) is 5.75 Å². The van der Waals surface area contributed by atoms with Gasteiger partial charge in [-0.3, -0.25) is 9.89 Å². The van der Waals surface area contributed by atoms with Crippen molar-refractivity contribution in [3.63, 3.8) is 0 Å². The number of ether oxygens (including phenoxy) is 1. The molecule has 6 heteroatoms. The third-order valence-corrected chi connectivity index (χ3v) is 5.73. The molecule has 0 aliphatic rings. The van der Waals surface area contributed by atoms with Crippen LogP contribution >= 0.6 is 0 Å². The zero-order chi connectivity index (χ0) is 24.0. The van der Waals surface area contributed by atoms with Crippen molar-refractivity contribution in [2.75, 3.05) is 0 Å². The van der Waals surface area contributed by atoms with Crippen LogP contribution in [0.25, 0.3) is 22.0 Å². The first-order valence-electron chi connectivity index (χ1n) is 11.3. The van der Waals surface area contributed by atoms with E-state index in [0.717, 1.165) is 38.9 Å². The quantitative estimate of drug-likeness (QED) is 0.232. The maximum Gasteiger partial charge on any atom is 0.289 e. The maximum absolute atomic E-state index is 12.7. The first-order valence-corrected chi connectivity index (χ1v) is 11.3. The molecule has 35 heavy (non-hydrogen) atoms. The monoisotopic (exact) mass is 460 g/mol. The summed E-state index contributed by atoms with van der Waals surface area (Å²) >= 11 is 0. The third kappa shape index (κ3) is 5.12. The van der Waals surface area contributed by atoms with Gasteiger partial charge in [-0.15, -0.1) is 0 Å². The van der Waals surface area contributed by atoms with E-state index in [0.29, 0.717) is 18.0 Å². The van der Waals surface area contributed by atoms with E-state index >= 15 is 0 Å². The van der Waals surface area contributed by atoms with E-state index in [1.54, 1.807) is 6.07 Å². The molecule has 0 saturated heterocycles. The standard InChI is InChI=1S/C29H24N4O2/c1-20(25-13-7-11-22-10-5-6-12-26(22)25)30-33-29(34)28-18-27(31-32-28)23-14-16-24(17-15-23)35-19-21-8-3-2-4-9-21/h2-18H,19H2,1H3,(H,31,32)(H,33,34). The minimum atomic E-state index is -0.355. The van der Waals surface area contributed by atoms with Gasteiger partial charge in [0.25, 0.3) is 5.91 Å². The van der Waals surface area contributed by atoms with Crippen LogP contribution in [0.3, 0.4) is 0 Å². The fourth-order valence-electron chi connectivity index (χ4n) is 3.84. The second kappa shape index (κ2) is 10.1. The Kier molecular flexibility index (Phi) is 6.35. The molecule has 1 amide bonds. The largest absolute Gasteiger partial charge is 0.489 e. The molecule has 0 aliphatic heterocycles. The molecule has 0 radical (unpaired) electrons. The average Bonchev–Trinajstić information content (AvgIpc) is 3.41. The van der Waals surface area contributed by atoms with Crippen molar-refractivity contribution in [1.29, 1.82) is 0 Å². The van der Waals surface area contributed by atoms with Gasteiger partial charge in [-0.1, -0.05) is 72.8 Å². The fourth-order valence-corrected chi connectivity index (χ4v) is 3.84. The number of hydrogen-bond donors (Lipinski definition) is 2. The van der Waals surface area contributed by atoms with Gasteiger partial charge in [0, 0.05) is 11.1 Å². The van der Waals surface area contributed by atoms with Crippen molar-refractivity contribution in [2.45, 2.75) is 13.5 Å². The van der Waals surface area contributed by atoms with Crippen molar-refractivity contribution in [3.8, 4) is 17.0 Å². The molecule has 0 saturated carbocycles. The summed E-state index contributed by atoms with van der Waals surface area (Å²) in [4.78, 5) is 12.7. The van der Waals surface area contributed by atoms with Gasteiger partial charge in [-0.25, -0.2) is 5.43 Å². The summed E-state index contributed by atoms with van der Waals surface area (Å²) in [5, 5.41) is 13.6. The number of carbonyl (C=O) groups is 1. The smallest absolute Gasteiger partial charge is 0.289 e. The third-order valence-electron chi connectivity index (χ3n) is 5.73. The Bertz CT molecular complexity index is 1480. The second-order valence-electron chi connectivity index (χ2n) is 8.13. The van der Waals surface area contributed by atoms with Gasteiger partial charge in [-0.2, -0.15) is 10.2 Å². The van der Waals surface area contributed by atoms with Gasteiger partial charge in [0.15, 0.2) is 0 Å². The van der Waals surface area contributed by atoms with Crippen LogP contribution in [0.15, 0.2) is 108 Å². The summed E-state index contributed by atoms with van der Waals surface area (Å²) in [7, 11) is 0. The average molecular weight is 461 g/mol. The number of nitrogens with one attached hydrogen (secondary N) is 2. The molecule has 0 unspecified atom stereocenters. The van der Waals surface area contributed by atoms with E-state index in [2.05, 4.69) is 32.9 Å². The lowest BCUT2D eigenvalue weighted by atomic mass is 10.0. The zero-order valence-corrected chi connectivity index (χ0v) is 19.2. The molecule has 6 nitrogen and oxygen atoms in total. The van der Waals surface area contributed by atoms with Crippen molar-refractivity contribution in [1.82, 2.24) is 15.6 Å². The van der Waals surface area contributed by atoms with Gasteiger partial charge in [0.2, 0.25) is 0 Å². The highest BCUT2D eigenvalue weighted by Crippen LogP contribution is 2.22. The van der Waals surface area contributed by atoms with E-state index in [1.165, 1.54) is 0 Å².